The molecule has 194 valence electrons. The highest BCUT2D eigenvalue weighted by Crippen LogP contribution is 2.63. The Morgan fingerprint density at radius 3 is 2.43 bits per heavy atom. The molecule has 0 unspecified atom stereocenters. The summed E-state index contributed by atoms with van der Waals surface area (Å²) in [4.78, 5) is 34.6. The van der Waals surface area contributed by atoms with Crippen LogP contribution in [0.3, 0.4) is 0 Å². The van der Waals surface area contributed by atoms with Gasteiger partial charge in [-0.15, -0.1) is 0 Å². The van der Waals surface area contributed by atoms with Crippen molar-refractivity contribution < 1.29 is 24.2 Å². The fraction of sp³-hybridized carbons (Fsp3) is 0.767. The number of fused-ring (bicyclic) bond motifs is 4. The maximum Gasteiger partial charge on any atom is 0.303 e. The molecular weight excluding hydrogens is 440 g/mol. The Balaban J connectivity index is 1.43. The van der Waals surface area contributed by atoms with E-state index in [2.05, 4.69) is 6.92 Å². The third-order valence-electron chi connectivity index (χ3n) is 9.50. The van der Waals surface area contributed by atoms with Gasteiger partial charge in [0.25, 0.3) is 0 Å². The van der Waals surface area contributed by atoms with Gasteiger partial charge in [-0.25, -0.2) is 0 Å². The third kappa shape index (κ3) is 5.91. The fourth-order valence-corrected chi connectivity index (χ4v) is 7.99. The zero-order valence-electron chi connectivity index (χ0n) is 21.8. The van der Waals surface area contributed by atoms with Gasteiger partial charge >= 0.3 is 11.9 Å². The normalized spacial score (nSPS) is 31.9. The maximum atomic E-state index is 12.1. The van der Waals surface area contributed by atoms with Gasteiger partial charge in [-0.1, -0.05) is 51.0 Å². The maximum absolute atomic E-state index is 12.1. The van der Waals surface area contributed by atoms with E-state index in [0.29, 0.717) is 30.0 Å². The molecule has 4 aliphatic carbocycles. The van der Waals surface area contributed by atoms with Crippen LogP contribution in [0.5, 0.6) is 0 Å². The highest BCUT2D eigenvalue weighted by Gasteiger charge is 2.57. The van der Waals surface area contributed by atoms with E-state index >= 15 is 0 Å². The number of hydrogen-bond donors (Lipinski definition) is 1. The lowest BCUT2D eigenvalue weighted by Gasteiger charge is -2.52. The van der Waals surface area contributed by atoms with Crippen LogP contribution in [0.1, 0.15) is 117 Å². The molecule has 2 fully saturated rings. The number of ketones is 1. The molecule has 0 aliphatic heterocycles. The highest BCUT2D eigenvalue weighted by atomic mass is 16.5. The monoisotopic (exact) mass is 484 g/mol. The summed E-state index contributed by atoms with van der Waals surface area (Å²) < 4.78 is 5.89. The third-order valence-corrected chi connectivity index (χ3v) is 9.50. The molecule has 4 aliphatic rings. The summed E-state index contributed by atoms with van der Waals surface area (Å²) in [5.41, 5.74) is 4.56. The van der Waals surface area contributed by atoms with Crippen LogP contribution in [-0.4, -0.2) is 28.9 Å². The summed E-state index contributed by atoms with van der Waals surface area (Å²) in [5, 5.41) is 8.76. The predicted octanol–water partition coefficient (Wildman–Crippen LogP) is 6.95. The standard InChI is InChI=1S/C30H44O5/c1-20(31)35-27-17-16-26-25-14-12-21-18-23(32)13-15-24(21)29(25)22(19-30(26,27)2)10-8-6-4-3-5-7-9-11-28(33)34/h18,22,25-27H,3-17,19H2,1-2H3,(H,33,34)/t22-,25-,26-,27-,30-/m0/s1. The highest BCUT2D eigenvalue weighted by molar-refractivity contribution is 5.93. The largest absolute Gasteiger partial charge is 0.481 e. The second kappa shape index (κ2) is 11.4. The van der Waals surface area contributed by atoms with E-state index in [9.17, 15) is 14.4 Å². The first kappa shape index (κ1) is 26.2. The Labute approximate surface area is 210 Å². The Hall–Kier alpha value is -1.91. The van der Waals surface area contributed by atoms with Gasteiger partial charge in [-0.2, -0.15) is 0 Å². The molecule has 2 saturated carbocycles. The molecule has 0 saturated heterocycles. The SMILES string of the molecule is CC(=O)O[C@H]1CC[C@H]2[C@@H]3CCC4=CC(=O)CCC4=C3[C@@H](CCCCCCCCCC(=O)O)C[C@]12C. The van der Waals surface area contributed by atoms with Gasteiger partial charge in [-0.05, 0) is 86.3 Å². The minimum absolute atomic E-state index is 0.0368. The lowest BCUT2D eigenvalue weighted by atomic mass is 9.53. The predicted molar refractivity (Wildman–Crippen MR) is 136 cm³/mol. The Morgan fingerprint density at radius 2 is 1.71 bits per heavy atom. The number of carboxylic acids is 1. The number of aliphatic carboxylic acids is 1. The molecule has 1 N–H and O–H groups in total. The van der Waals surface area contributed by atoms with Gasteiger partial charge in [0.15, 0.2) is 5.78 Å². The van der Waals surface area contributed by atoms with Crippen molar-refractivity contribution in [3.05, 3.63) is 22.8 Å². The van der Waals surface area contributed by atoms with Gasteiger partial charge in [0, 0.05) is 25.2 Å². The van der Waals surface area contributed by atoms with E-state index in [1.54, 1.807) is 12.5 Å². The molecule has 0 heterocycles. The van der Waals surface area contributed by atoms with E-state index < -0.39 is 5.97 Å². The molecular formula is C30H44O5. The van der Waals surface area contributed by atoms with Crippen molar-refractivity contribution in [1.29, 1.82) is 0 Å². The molecule has 0 spiro atoms. The molecule has 5 atom stereocenters. The van der Waals surface area contributed by atoms with E-state index in [1.165, 1.54) is 43.3 Å². The summed E-state index contributed by atoms with van der Waals surface area (Å²) in [5.74, 6) is 1.13. The zero-order chi connectivity index (χ0) is 25.0. The number of unbranched alkanes of at least 4 members (excludes halogenated alkanes) is 6. The zero-order valence-corrected chi connectivity index (χ0v) is 21.8. The van der Waals surface area contributed by atoms with Crippen molar-refractivity contribution >= 4 is 17.7 Å². The topological polar surface area (TPSA) is 80.7 Å². The number of carbonyl (C=O) groups is 3. The first-order valence-corrected chi connectivity index (χ1v) is 14.2. The van der Waals surface area contributed by atoms with Crippen LogP contribution in [0.15, 0.2) is 22.8 Å². The molecule has 5 heteroatoms. The number of hydrogen-bond acceptors (Lipinski definition) is 4. The number of esters is 1. The van der Waals surface area contributed by atoms with Gasteiger partial charge in [0.05, 0.1) is 0 Å². The van der Waals surface area contributed by atoms with Crippen LogP contribution in [0.25, 0.3) is 0 Å². The number of carbonyl (C=O) groups excluding carboxylic acids is 2. The van der Waals surface area contributed by atoms with Crippen molar-refractivity contribution in [2.75, 3.05) is 0 Å². The lowest BCUT2D eigenvalue weighted by molar-refractivity contribution is -0.154. The summed E-state index contributed by atoms with van der Waals surface area (Å²) in [6.45, 7) is 3.93. The van der Waals surface area contributed by atoms with Crippen LogP contribution < -0.4 is 0 Å². The second-order valence-corrected chi connectivity index (χ2v) is 11.8. The average molecular weight is 485 g/mol. The summed E-state index contributed by atoms with van der Waals surface area (Å²) in [6, 6.07) is 0. The van der Waals surface area contributed by atoms with Crippen molar-refractivity contribution in [2.45, 2.75) is 123 Å². The van der Waals surface area contributed by atoms with Crippen LogP contribution >= 0.6 is 0 Å². The minimum Gasteiger partial charge on any atom is -0.481 e. The van der Waals surface area contributed by atoms with Gasteiger partial charge in [-0.3, -0.25) is 14.4 Å². The molecule has 0 aromatic heterocycles. The van der Waals surface area contributed by atoms with Crippen LogP contribution in [0.2, 0.25) is 0 Å². The van der Waals surface area contributed by atoms with Gasteiger partial charge < -0.3 is 9.84 Å². The molecule has 0 aromatic rings. The Morgan fingerprint density at radius 1 is 1.00 bits per heavy atom. The van der Waals surface area contributed by atoms with E-state index in [-0.39, 0.29) is 23.9 Å². The lowest BCUT2D eigenvalue weighted by Crippen LogP contribution is -2.46. The molecule has 0 amide bonds. The molecule has 0 bridgehead atoms. The summed E-state index contributed by atoms with van der Waals surface area (Å²) in [6.07, 6.45) is 18.2. The average Bonchev–Trinajstić information content (AvgIpc) is 3.12. The van der Waals surface area contributed by atoms with Crippen molar-refractivity contribution in [3.63, 3.8) is 0 Å². The van der Waals surface area contributed by atoms with E-state index in [0.717, 1.165) is 57.8 Å². The number of ether oxygens (including phenoxy) is 1. The van der Waals surface area contributed by atoms with Gasteiger partial charge in [0.2, 0.25) is 0 Å². The van der Waals surface area contributed by atoms with Crippen molar-refractivity contribution in [2.24, 2.45) is 23.2 Å². The Bertz CT molecular complexity index is 883. The minimum atomic E-state index is -0.691. The van der Waals surface area contributed by atoms with E-state index in [1.807, 2.05) is 6.08 Å². The quantitative estimate of drug-likeness (QED) is 0.254. The fourth-order valence-electron chi connectivity index (χ4n) is 7.99. The molecule has 35 heavy (non-hydrogen) atoms. The summed E-state index contributed by atoms with van der Waals surface area (Å²) >= 11 is 0. The first-order valence-electron chi connectivity index (χ1n) is 14.2. The van der Waals surface area contributed by atoms with Crippen LogP contribution in [-0.2, 0) is 19.1 Å². The molecule has 5 nitrogen and oxygen atoms in total. The Kier molecular flexibility index (Phi) is 8.54. The molecule has 4 rings (SSSR count). The first-order chi connectivity index (χ1) is 16.8. The van der Waals surface area contributed by atoms with Crippen LogP contribution in [0.4, 0.5) is 0 Å². The molecule has 0 radical (unpaired) electrons. The van der Waals surface area contributed by atoms with Gasteiger partial charge in [0.1, 0.15) is 6.10 Å². The van der Waals surface area contributed by atoms with Crippen molar-refractivity contribution in [3.8, 4) is 0 Å². The summed E-state index contributed by atoms with van der Waals surface area (Å²) in [7, 11) is 0. The second-order valence-electron chi connectivity index (χ2n) is 11.8. The van der Waals surface area contributed by atoms with Crippen LogP contribution in [0, 0.1) is 23.2 Å². The van der Waals surface area contributed by atoms with Crippen molar-refractivity contribution in [1.82, 2.24) is 0 Å². The van der Waals surface area contributed by atoms with E-state index in [4.69, 9.17) is 9.84 Å². The number of carboxylic acid groups (broad SMARTS) is 1. The smallest absolute Gasteiger partial charge is 0.303 e. The molecule has 0 aromatic carbocycles. The number of allylic oxidation sites excluding steroid dienone is 4. The number of rotatable bonds is 11.